The van der Waals surface area contributed by atoms with Crippen molar-refractivity contribution >= 4 is 39.8 Å². The molecule has 3 aromatic rings. The molecule has 0 radical (unpaired) electrons. The number of amides is 2. The van der Waals surface area contributed by atoms with Crippen LogP contribution in [0.25, 0.3) is 0 Å². The van der Waals surface area contributed by atoms with Crippen LogP contribution in [-0.4, -0.2) is 33.6 Å². The molecule has 7 nitrogen and oxygen atoms in total. The predicted molar refractivity (Wildman–Crippen MR) is 107 cm³/mol. The predicted octanol–water partition coefficient (Wildman–Crippen LogP) is 3.22. The number of hydrogen-bond acceptors (Lipinski definition) is 6. The van der Waals surface area contributed by atoms with E-state index in [0.29, 0.717) is 0 Å². The zero-order chi connectivity index (χ0) is 20.1. The summed E-state index contributed by atoms with van der Waals surface area (Å²) in [4.78, 5) is 29.0. The van der Waals surface area contributed by atoms with E-state index in [-0.39, 0.29) is 33.6 Å². The highest BCUT2D eigenvalue weighted by atomic mass is 35.5. The smallest absolute Gasteiger partial charge is 0.273 e. The molecular formula is C19H16ClN3O4S. The number of aromatic hydroxyl groups is 1. The number of nitrogens with zero attached hydrogens (tertiary/aromatic N) is 1. The Labute approximate surface area is 169 Å². The van der Waals surface area contributed by atoms with E-state index in [1.54, 1.807) is 24.3 Å². The summed E-state index contributed by atoms with van der Waals surface area (Å²) in [5, 5.41) is 24.7. The first-order valence-electron chi connectivity index (χ1n) is 8.19. The number of aliphatic hydroxyl groups is 1. The number of phenols is 1. The van der Waals surface area contributed by atoms with Crippen molar-refractivity contribution in [2.24, 2.45) is 0 Å². The Morgan fingerprint density at radius 1 is 1.14 bits per heavy atom. The summed E-state index contributed by atoms with van der Waals surface area (Å²) in [5.74, 6) is -1.16. The average Bonchev–Trinajstić information content (AvgIpc) is 3.17. The van der Waals surface area contributed by atoms with Crippen LogP contribution in [0.15, 0.2) is 54.0 Å². The minimum Gasteiger partial charge on any atom is -0.506 e. The minimum atomic E-state index is -0.602. The fourth-order valence-electron chi connectivity index (χ4n) is 2.47. The van der Waals surface area contributed by atoms with Gasteiger partial charge in [0, 0.05) is 5.56 Å². The zero-order valence-corrected chi connectivity index (χ0v) is 16.0. The summed E-state index contributed by atoms with van der Waals surface area (Å²) < 4.78 is 0. The van der Waals surface area contributed by atoms with Crippen molar-refractivity contribution in [1.82, 2.24) is 10.3 Å². The van der Waals surface area contributed by atoms with Gasteiger partial charge in [0.05, 0.1) is 23.2 Å². The van der Waals surface area contributed by atoms with Crippen molar-refractivity contribution in [3.05, 3.63) is 75.9 Å². The second kappa shape index (κ2) is 8.83. The van der Waals surface area contributed by atoms with E-state index in [4.69, 9.17) is 11.6 Å². The van der Waals surface area contributed by atoms with Crippen LogP contribution in [-0.2, 0) is 0 Å². The molecule has 4 N–H and O–H groups in total. The molecule has 0 spiro atoms. The Bertz CT molecular complexity index is 994. The average molecular weight is 418 g/mol. The normalized spacial score (nSPS) is 11.6. The van der Waals surface area contributed by atoms with Gasteiger partial charge >= 0.3 is 0 Å². The van der Waals surface area contributed by atoms with E-state index < -0.39 is 17.9 Å². The molecule has 144 valence electrons. The van der Waals surface area contributed by atoms with Gasteiger partial charge < -0.3 is 20.8 Å². The number of benzene rings is 2. The number of nitrogens with one attached hydrogen (secondary N) is 2. The Morgan fingerprint density at radius 3 is 2.57 bits per heavy atom. The summed E-state index contributed by atoms with van der Waals surface area (Å²) in [7, 11) is 0. The van der Waals surface area contributed by atoms with Crippen molar-refractivity contribution < 1.29 is 19.8 Å². The molecule has 2 aromatic carbocycles. The molecule has 3 rings (SSSR count). The van der Waals surface area contributed by atoms with Crippen LogP contribution in [0, 0.1) is 0 Å². The van der Waals surface area contributed by atoms with Crippen molar-refractivity contribution in [2.45, 2.75) is 6.04 Å². The van der Waals surface area contributed by atoms with E-state index >= 15 is 0 Å². The number of carbonyl (C=O) groups is 2. The Hall–Kier alpha value is -2.94. The van der Waals surface area contributed by atoms with Crippen LogP contribution in [0.2, 0.25) is 5.02 Å². The number of aliphatic hydroxyl groups excluding tert-OH is 1. The van der Waals surface area contributed by atoms with Crippen molar-refractivity contribution in [3.63, 3.8) is 0 Å². The number of aromatic nitrogens is 1. The maximum absolute atomic E-state index is 12.6. The van der Waals surface area contributed by atoms with E-state index in [1.807, 2.05) is 6.07 Å². The highest BCUT2D eigenvalue weighted by Gasteiger charge is 2.21. The second-order valence-electron chi connectivity index (χ2n) is 5.77. The van der Waals surface area contributed by atoms with Gasteiger partial charge in [-0.05, 0) is 23.8 Å². The number of halogens is 1. The largest absolute Gasteiger partial charge is 0.506 e. The summed E-state index contributed by atoms with van der Waals surface area (Å²) >= 11 is 6.92. The monoisotopic (exact) mass is 417 g/mol. The van der Waals surface area contributed by atoms with E-state index in [1.165, 1.54) is 23.7 Å². The molecule has 0 saturated carbocycles. The molecule has 28 heavy (non-hydrogen) atoms. The van der Waals surface area contributed by atoms with Crippen molar-refractivity contribution in [2.75, 3.05) is 11.9 Å². The van der Waals surface area contributed by atoms with Crippen molar-refractivity contribution in [1.29, 1.82) is 0 Å². The van der Waals surface area contributed by atoms with Gasteiger partial charge in [-0.1, -0.05) is 41.9 Å². The van der Waals surface area contributed by atoms with Gasteiger partial charge in [0.25, 0.3) is 11.8 Å². The van der Waals surface area contributed by atoms with Crippen LogP contribution in [0.5, 0.6) is 5.75 Å². The quantitative estimate of drug-likeness (QED) is 0.492. The van der Waals surface area contributed by atoms with Gasteiger partial charge in [-0.15, -0.1) is 11.3 Å². The Balaban J connectivity index is 1.74. The molecule has 1 unspecified atom stereocenters. The fourth-order valence-corrected chi connectivity index (χ4v) is 3.32. The van der Waals surface area contributed by atoms with Crippen LogP contribution >= 0.6 is 22.9 Å². The topological polar surface area (TPSA) is 112 Å². The molecular weight excluding hydrogens is 402 g/mol. The van der Waals surface area contributed by atoms with Gasteiger partial charge in [0.1, 0.15) is 10.8 Å². The van der Waals surface area contributed by atoms with Crippen LogP contribution in [0.3, 0.4) is 0 Å². The summed E-state index contributed by atoms with van der Waals surface area (Å²) in [6.07, 6.45) is 0. The fraction of sp³-hybridized carbons (Fsp3) is 0.105. The Morgan fingerprint density at radius 2 is 1.89 bits per heavy atom. The third-order valence-corrected chi connectivity index (χ3v) is 4.95. The highest BCUT2D eigenvalue weighted by Crippen LogP contribution is 2.26. The number of hydrogen-bond donors (Lipinski definition) is 4. The summed E-state index contributed by atoms with van der Waals surface area (Å²) in [5.41, 5.74) is 2.45. The lowest BCUT2D eigenvalue weighted by Gasteiger charge is -2.16. The lowest BCUT2D eigenvalue weighted by molar-refractivity contribution is 0.0912. The Kier molecular flexibility index (Phi) is 6.25. The third-order valence-electron chi connectivity index (χ3n) is 3.91. The molecule has 1 heterocycles. The van der Waals surface area contributed by atoms with Gasteiger partial charge in [-0.3, -0.25) is 9.59 Å². The van der Waals surface area contributed by atoms with Gasteiger partial charge in [0.15, 0.2) is 5.69 Å². The minimum absolute atomic E-state index is 0.0395. The number of phenolic OH excluding ortho intramolecular Hbond substituents is 1. The molecule has 0 bridgehead atoms. The molecule has 9 heteroatoms. The zero-order valence-electron chi connectivity index (χ0n) is 14.4. The van der Waals surface area contributed by atoms with Gasteiger partial charge in [-0.2, -0.15) is 0 Å². The van der Waals surface area contributed by atoms with Crippen LogP contribution < -0.4 is 10.6 Å². The molecule has 1 aromatic heterocycles. The maximum Gasteiger partial charge on any atom is 0.273 e. The summed E-state index contributed by atoms with van der Waals surface area (Å²) in [6.45, 7) is -0.284. The first-order valence-corrected chi connectivity index (χ1v) is 9.45. The molecule has 0 aliphatic heterocycles. The number of rotatable bonds is 6. The number of thiazole rings is 1. The lowest BCUT2D eigenvalue weighted by atomic mass is 10.1. The molecule has 0 aliphatic rings. The molecule has 0 saturated heterocycles. The molecule has 2 amide bonds. The third kappa shape index (κ3) is 4.48. The number of carbonyl (C=O) groups excluding carboxylic acids is 2. The summed E-state index contributed by atoms with van der Waals surface area (Å²) in [6, 6.07) is 12.5. The van der Waals surface area contributed by atoms with Crippen LogP contribution in [0.1, 0.15) is 32.5 Å². The number of anilines is 1. The van der Waals surface area contributed by atoms with Crippen LogP contribution in [0.4, 0.5) is 5.00 Å². The highest BCUT2D eigenvalue weighted by molar-refractivity contribution is 7.14. The second-order valence-corrected chi connectivity index (χ2v) is 7.03. The van der Waals surface area contributed by atoms with E-state index in [2.05, 4.69) is 15.6 Å². The van der Waals surface area contributed by atoms with E-state index in [0.717, 1.165) is 16.9 Å². The van der Waals surface area contributed by atoms with E-state index in [9.17, 15) is 19.8 Å². The SMILES string of the molecule is O=C(Nc1scnc1C(=O)NC(CO)c1ccccc1)c1ccc(O)c(Cl)c1. The standard InChI is InChI=1S/C19H16ClN3O4S/c20-13-8-12(6-7-15(13)25)17(26)23-19-16(21-10-28-19)18(27)22-14(9-24)11-4-2-1-3-5-11/h1-8,10,14,24-25H,9H2,(H,22,27)(H,23,26). The first kappa shape index (κ1) is 19.8. The molecule has 1 atom stereocenters. The van der Waals surface area contributed by atoms with Crippen molar-refractivity contribution in [3.8, 4) is 5.75 Å². The van der Waals surface area contributed by atoms with Gasteiger partial charge in [-0.25, -0.2) is 4.98 Å². The molecule has 0 fully saturated rings. The van der Waals surface area contributed by atoms with Gasteiger partial charge in [0.2, 0.25) is 0 Å². The molecule has 0 aliphatic carbocycles. The lowest BCUT2D eigenvalue weighted by Crippen LogP contribution is -2.31. The maximum atomic E-state index is 12.6. The first-order chi connectivity index (χ1) is 13.5.